The van der Waals surface area contributed by atoms with Crippen molar-refractivity contribution in [2.75, 3.05) is 26.7 Å². The van der Waals surface area contributed by atoms with E-state index in [1.54, 1.807) is 7.11 Å². The van der Waals surface area contributed by atoms with E-state index in [2.05, 4.69) is 48.6 Å². The first-order valence-corrected chi connectivity index (χ1v) is 13.3. The van der Waals surface area contributed by atoms with Crippen molar-refractivity contribution in [3.63, 3.8) is 0 Å². The van der Waals surface area contributed by atoms with E-state index >= 15 is 0 Å². The Hall–Kier alpha value is -3.55. The van der Waals surface area contributed by atoms with Gasteiger partial charge in [-0.25, -0.2) is 4.79 Å². The van der Waals surface area contributed by atoms with E-state index in [-0.39, 0.29) is 25.2 Å². The molecule has 1 aliphatic heterocycles. The Morgan fingerprint density at radius 3 is 2.42 bits per heavy atom. The van der Waals surface area contributed by atoms with Gasteiger partial charge in [-0.15, -0.1) is 0 Å². The number of hydrogen-bond acceptors (Lipinski definition) is 6. The monoisotopic (exact) mass is 516 g/mol. The number of nitrogens with zero attached hydrogens (tertiary/aromatic N) is 1. The molecule has 1 amide bonds. The highest BCUT2D eigenvalue weighted by atomic mass is 16.5. The van der Waals surface area contributed by atoms with E-state index in [9.17, 15) is 9.90 Å². The van der Waals surface area contributed by atoms with Crippen LogP contribution >= 0.6 is 0 Å². The highest BCUT2D eigenvalue weighted by Crippen LogP contribution is 2.39. The molecule has 0 radical (unpaired) electrons. The van der Waals surface area contributed by atoms with Gasteiger partial charge in [0.1, 0.15) is 18.9 Å². The largest absolute Gasteiger partial charge is 0.493 e. The standard InChI is InChI=1S/C31H36N2O5/c1-21-18-33(30(34)17-32-31(35)37-20-22-8-4-3-5-9-22)19-27(21)25-12-13-28(36-2)29(16-25)38-26-14-23-10-6-7-11-24(23)15-26/h3-13,16,21,26-27,30,34H,14-15,17-20H2,1-2H3,(H,32,35)/t21-,27+,30?/m0/s1. The summed E-state index contributed by atoms with van der Waals surface area (Å²) in [4.78, 5) is 14.1. The number of aliphatic hydroxyl groups is 1. The van der Waals surface area contributed by atoms with Crippen LogP contribution < -0.4 is 14.8 Å². The fraction of sp³-hybridized carbons (Fsp3) is 0.387. The zero-order valence-corrected chi connectivity index (χ0v) is 22.0. The van der Waals surface area contributed by atoms with Crippen molar-refractivity contribution < 1.29 is 24.1 Å². The Kier molecular flexibility index (Phi) is 8.15. The van der Waals surface area contributed by atoms with Crippen LogP contribution in [0.4, 0.5) is 4.79 Å². The number of nitrogens with one attached hydrogen (secondary N) is 1. The number of ether oxygens (including phenoxy) is 3. The molecule has 0 spiro atoms. The number of aliphatic hydroxyl groups excluding tert-OH is 1. The number of likely N-dealkylation sites (tertiary alicyclic amines) is 1. The number of fused-ring (bicyclic) bond motifs is 1. The molecule has 1 fully saturated rings. The summed E-state index contributed by atoms with van der Waals surface area (Å²) in [7, 11) is 1.67. The molecule has 38 heavy (non-hydrogen) atoms. The van der Waals surface area contributed by atoms with Crippen LogP contribution in [-0.2, 0) is 24.2 Å². The molecule has 0 bridgehead atoms. The van der Waals surface area contributed by atoms with E-state index < -0.39 is 12.3 Å². The van der Waals surface area contributed by atoms with Crippen molar-refractivity contribution in [1.29, 1.82) is 0 Å². The van der Waals surface area contributed by atoms with Gasteiger partial charge in [0.25, 0.3) is 0 Å². The third-order valence-electron chi connectivity index (χ3n) is 7.63. The van der Waals surface area contributed by atoms with Crippen molar-refractivity contribution in [2.45, 2.75) is 44.6 Å². The van der Waals surface area contributed by atoms with E-state index in [1.807, 2.05) is 41.3 Å². The molecule has 1 saturated heterocycles. The molecule has 0 saturated carbocycles. The van der Waals surface area contributed by atoms with Crippen molar-refractivity contribution >= 4 is 6.09 Å². The second kappa shape index (κ2) is 11.9. The second-order valence-electron chi connectivity index (χ2n) is 10.3. The summed E-state index contributed by atoms with van der Waals surface area (Å²) in [6.45, 7) is 3.90. The number of rotatable bonds is 9. The van der Waals surface area contributed by atoms with E-state index in [0.29, 0.717) is 12.5 Å². The second-order valence-corrected chi connectivity index (χ2v) is 10.3. The van der Waals surface area contributed by atoms with Gasteiger partial charge in [0.15, 0.2) is 11.5 Å². The topological polar surface area (TPSA) is 80.3 Å². The fourth-order valence-electron chi connectivity index (χ4n) is 5.56. The lowest BCUT2D eigenvalue weighted by Gasteiger charge is -2.23. The van der Waals surface area contributed by atoms with Gasteiger partial charge < -0.3 is 24.6 Å². The lowest BCUT2D eigenvalue weighted by atomic mass is 9.90. The molecule has 0 aromatic heterocycles. The maximum atomic E-state index is 12.1. The zero-order chi connectivity index (χ0) is 26.5. The summed E-state index contributed by atoms with van der Waals surface area (Å²) in [6, 6.07) is 24.2. The van der Waals surface area contributed by atoms with Crippen molar-refractivity contribution in [3.05, 3.63) is 95.1 Å². The molecule has 1 aliphatic carbocycles. The Labute approximate surface area is 224 Å². The number of alkyl carbamates (subject to hydrolysis) is 1. The molecule has 3 aromatic rings. The minimum absolute atomic E-state index is 0.0867. The Morgan fingerprint density at radius 1 is 1.00 bits per heavy atom. The predicted octanol–water partition coefficient (Wildman–Crippen LogP) is 4.52. The van der Waals surface area contributed by atoms with Crippen LogP contribution in [0.5, 0.6) is 11.5 Å². The molecule has 1 unspecified atom stereocenters. The van der Waals surface area contributed by atoms with Gasteiger partial charge in [0.2, 0.25) is 0 Å². The molecule has 200 valence electrons. The van der Waals surface area contributed by atoms with E-state index in [1.165, 1.54) is 11.1 Å². The lowest BCUT2D eigenvalue weighted by Crippen LogP contribution is -2.43. The quantitative estimate of drug-likeness (QED) is 0.435. The molecule has 3 atom stereocenters. The van der Waals surface area contributed by atoms with Gasteiger partial charge in [-0.2, -0.15) is 0 Å². The maximum Gasteiger partial charge on any atom is 0.407 e. The summed E-state index contributed by atoms with van der Waals surface area (Å²) < 4.78 is 17.3. The smallest absolute Gasteiger partial charge is 0.407 e. The number of carbonyl (C=O) groups excluding carboxylic acids is 1. The first-order valence-electron chi connectivity index (χ1n) is 13.3. The summed E-state index contributed by atoms with van der Waals surface area (Å²) in [5, 5.41) is 13.5. The van der Waals surface area contributed by atoms with Crippen LogP contribution in [0.25, 0.3) is 0 Å². The molecule has 7 nitrogen and oxygen atoms in total. The average molecular weight is 517 g/mol. The van der Waals surface area contributed by atoms with Crippen LogP contribution in [0.2, 0.25) is 0 Å². The average Bonchev–Trinajstić information content (AvgIpc) is 3.54. The minimum atomic E-state index is -0.794. The number of carbonyl (C=O) groups is 1. The van der Waals surface area contributed by atoms with Gasteiger partial charge in [0, 0.05) is 31.8 Å². The molecule has 2 N–H and O–H groups in total. The fourth-order valence-corrected chi connectivity index (χ4v) is 5.56. The number of hydrogen-bond donors (Lipinski definition) is 2. The minimum Gasteiger partial charge on any atom is -0.493 e. The SMILES string of the molecule is COc1ccc([C@@H]2CN(C(O)CNC(=O)OCc3ccccc3)C[C@@H]2C)cc1OC1Cc2ccccc2C1. The maximum absolute atomic E-state index is 12.1. The van der Waals surface area contributed by atoms with Crippen molar-refractivity contribution in [2.24, 2.45) is 5.92 Å². The highest BCUT2D eigenvalue weighted by molar-refractivity contribution is 5.67. The van der Waals surface area contributed by atoms with E-state index in [0.717, 1.165) is 42.0 Å². The Bertz CT molecular complexity index is 1210. The van der Waals surface area contributed by atoms with Crippen LogP contribution in [0.15, 0.2) is 72.8 Å². The predicted molar refractivity (Wildman–Crippen MR) is 145 cm³/mol. The Balaban J connectivity index is 1.16. The number of benzene rings is 3. The Morgan fingerprint density at radius 2 is 1.71 bits per heavy atom. The summed E-state index contributed by atoms with van der Waals surface area (Å²) >= 11 is 0. The first kappa shape index (κ1) is 26.1. The normalized spacial score (nSPS) is 20.1. The zero-order valence-electron chi connectivity index (χ0n) is 22.0. The van der Waals surface area contributed by atoms with Gasteiger partial charge in [0.05, 0.1) is 13.7 Å². The van der Waals surface area contributed by atoms with Crippen molar-refractivity contribution in [1.82, 2.24) is 10.2 Å². The van der Waals surface area contributed by atoms with Gasteiger partial charge in [-0.05, 0) is 40.3 Å². The third-order valence-corrected chi connectivity index (χ3v) is 7.63. The van der Waals surface area contributed by atoms with Gasteiger partial charge >= 0.3 is 6.09 Å². The van der Waals surface area contributed by atoms with Gasteiger partial charge in [-0.1, -0.05) is 67.6 Å². The molecule has 3 aromatic carbocycles. The molecule has 2 aliphatic rings. The summed E-state index contributed by atoms with van der Waals surface area (Å²) in [5.41, 5.74) is 4.77. The van der Waals surface area contributed by atoms with Gasteiger partial charge in [-0.3, -0.25) is 4.90 Å². The highest BCUT2D eigenvalue weighted by Gasteiger charge is 2.35. The first-order chi connectivity index (χ1) is 18.5. The van der Waals surface area contributed by atoms with Crippen LogP contribution in [-0.4, -0.2) is 55.2 Å². The van der Waals surface area contributed by atoms with E-state index in [4.69, 9.17) is 14.2 Å². The summed E-state index contributed by atoms with van der Waals surface area (Å²) in [6.07, 6.45) is 0.540. The lowest BCUT2D eigenvalue weighted by molar-refractivity contribution is 0.0176. The molecule has 7 heteroatoms. The molecular formula is C31H36N2O5. The third kappa shape index (κ3) is 6.11. The number of amides is 1. The summed E-state index contributed by atoms with van der Waals surface area (Å²) in [5.74, 6) is 2.04. The van der Waals surface area contributed by atoms with Crippen molar-refractivity contribution in [3.8, 4) is 11.5 Å². The molecule has 1 heterocycles. The number of methoxy groups -OCH3 is 1. The van der Waals surface area contributed by atoms with Crippen LogP contribution in [0.3, 0.4) is 0 Å². The van der Waals surface area contributed by atoms with Crippen LogP contribution in [0, 0.1) is 5.92 Å². The van der Waals surface area contributed by atoms with Crippen LogP contribution in [0.1, 0.15) is 35.1 Å². The molecule has 5 rings (SSSR count). The molecular weight excluding hydrogens is 480 g/mol.